The Kier molecular flexibility index (Phi) is 6.45. The molecule has 0 amide bonds. The summed E-state index contributed by atoms with van der Waals surface area (Å²) >= 11 is 1.35. The van der Waals surface area contributed by atoms with Gasteiger partial charge in [0.1, 0.15) is 29.4 Å². The fourth-order valence-electron chi connectivity index (χ4n) is 4.33. The second-order valence-corrected chi connectivity index (χ2v) is 9.89. The van der Waals surface area contributed by atoms with Crippen LogP contribution < -0.4 is 14.2 Å². The van der Waals surface area contributed by atoms with Crippen LogP contribution in [0.3, 0.4) is 0 Å². The second kappa shape index (κ2) is 10.2. The highest BCUT2D eigenvalue weighted by molar-refractivity contribution is 7.18. The van der Waals surface area contributed by atoms with Crippen molar-refractivity contribution in [1.29, 1.82) is 0 Å². The number of hydrogen-bond acceptors (Lipinski definition) is 9. The van der Waals surface area contributed by atoms with Gasteiger partial charge in [-0.25, -0.2) is 9.50 Å². The summed E-state index contributed by atoms with van der Waals surface area (Å²) in [7, 11) is 3.18. The lowest BCUT2D eigenvalue weighted by molar-refractivity contribution is 0.0992. The molecule has 0 aliphatic heterocycles. The minimum Gasteiger partial charge on any atom is -0.496 e. The number of ketones is 1. The standard InChI is InChI=1S/C29H24N4O5S/c1-17-9-20(7-8-30-17)24(34)11-18-5-4-6-19(10-18)16-37-25-12-21(35-2)13-26-22(25)14-27(38-26)23-15-33-28(31-23)39-29(32-33)36-3/h4-10,12-15H,11,16H2,1-3H3. The molecule has 10 heteroatoms. The predicted molar refractivity (Wildman–Crippen MR) is 147 cm³/mol. The monoisotopic (exact) mass is 540 g/mol. The third-order valence-electron chi connectivity index (χ3n) is 6.23. The van der Waals surface area contributed by atoms with E-state index in [0.29, 0.717) is 57.3 Å². The molecule has 4 aromatic heterocycles. The molecule has 0 aliphatic carbocycles. The van der Waals surface area contributed by atoms with Crippen LogP contribution in [0.2, 0.25) is 0 Å². The Hall–Kier alpha value is -4.70. The van der Waals surface area contributed by atoms with Crippen molar-refractivity contribution in [3.05, 3.63) is 89.4 Å². The minimum absolute atomic E-state index is 0.0480. The summed E-state index contributed by atoms with van der Waals surface area (Å²) in [5.41, 5.74) is 4.61. The molecule has 9 nitrogen and oxygen atoms in total. The molecule has 0 aliphatic rings. The van der Waals surface area contributed by atoms with Crippen LogP contribution in [0, 0.1) is 6.92 Å². The number of methoxy groups -OCH3 is 2. The molecule has 196 valence electrons. The summed E-state index contributed by atoms with van der Waals surface area (Å²) in [6.45, 7) is 2.18. The number of pyridine rings is 1. The van der Waals surface area contributed by atoms with Crippen molar-refractivity contribution in [2.75, 3.05) is 14.2 Å². The van der Waals surface area contributed by atoms with Crippen LogP contribution in [-0.4, -0.2) is 39.6 Å². The summed E-state index contributed by atoms with van der Waals surface area (Å²) in [4.78, 5) is 22.2. The number of benzene rings is 2. The zero-order chi connectivity index (χ0) is 26.9. The molecule has 0 radical (unpaired) electrons. The maximum absolute atomic E-state index is 12.8. The number of fused-ring (bicyclic) bond motifs is 2. The number of Topliss-reactive ketones (excluding diaryl/α,β-unsaturated/α-hetero) is 1. The third kappa shape index (κ3) is 5.06. The zero-order valence-electron chi connectivity index (χ0n) is 21.5. The van der Waals surface area contributed by atoms with Gasteiger partial charge in [-0.05, 0) is 47.6 Å². The molecule has 0 N–H and O–H groups in total. The van der Waals surface area contributed by atoms with Crippen LogP contribution >= 0.6 is 11.3 Å². The lowest BCUT2D eigenvalue weighted by atomic mass is 10.0. The van der Waals surface area contributed by atoms with Gasteiger partial charge < -0.3 is 18.6 Å². The largest absolute Gasteiger partial charge is 0.496 e. The number of carbonyl (C=O) groups excluding carboxylic acids is 1. The molecule has 0 bridgehead atoms. The molecule has 0 atom stereocenters. The van der Waals surface area contributed by atoms with Crippen molar-refractivity contribution < 1.29 is 23.4 Å². The highest BCUT2D eigenvalue weighted by Crippen LogP contribution is 2.37. The summed E-state index contributed by atoms with van der Waals surface area (Å²) in [6.07, 6.45) is 3.76. The van der Waals surface area contributed by atoms with Gasteiger partial charge in [-0.15, -0.1) is 5.10 Å². The first-order valence-electron chi connectivity index (χ1n) is 12.2. The van der Waals surface area contributed by atoms with Crippen LogP contribution in [0.25, 0.3) is 27.4 Å². The van der Waals surface area contributed by atoms with E-state index in [1.54, 1.807) is 37.2 Å². The molecular formula is C29H24N4O5S. The molecule has 2 aromatic carbocycles. The number of hydrogen-bond donors (Lipinski definition) is 0. The topological polar surface area (TPSA) is 101 Å². The molecule has 0 fully saturated rings. The van der Waals surface area contributed by atoms with Crippen molar-refractivity contribution >= 4 is 33.1 Å². The van der Waals surface area contributed by atoms with Crippen LogP contribution in [0.15, 0.2) is 71.4 Å². The van der Waals surface area contributed by atoms with Gasteiger partial charge in [0.15, 0.2) is 11.5 Å². The predicted octanol–water partition coefficient (Wildman–Crippen LogP) is 5.93. The number of furan rings is 1. The third-order valence-corrected chi connectivity index (χ3v) is 7.11. The average molecular weight is 541 g/mol. The number of imidazole rings is 1. The van der Waals surface area contributed by atoms with Gasteiger partial charge in [-0.3, -0.25) is 9.78 Å². The average Bonchev–Trinajstić information content (AvgIpc) is 3.65. The Morgan fingerprint density at radius 2 is 1.92 bits per heavy atom. The van der Waals surface area contributed by atoms with Gasteiger partial charge in [-0.1, -0.05) is 24.3 Å². The van der Waals surface area contributed by atoms with E-state index in [9.17, 15) is 4.79 Å². The van der Waals surface area contributed by atoms with Gasteiger partial charge >= 0.3 is 0 Å². The normalized spacial score (nSPS) is 11.3. The number of aryl methyl sites for hydroxylation is 1. The number of rotatable bonds is 9. The van der Waals surface area contributed by atoms with Gasteiger partial charge in [0.05, 0.1) is 25.8 Å². The molecule has 4 heterocycles. The molecule has 6 aromatic rings. The van der Waals surface area contributed by atoms with E-state index in [1.807, 2.05) is 55.5 Å². The van der Waals surface area contributed by atoms with Gasteiger partial charge in [0, 0.05) is 36.0 Å². The van der Waals surface area contributed by atoms with E-state index in [1.165, 1.54) is 11.3 Å². The van der Waals surface area contributed by atoms with E-state index in [-0.39, 0.29) is 5.78 Å². The van der Waals surface area contributed by atoms with Crippen molar-refractivity contribution in [3.8, 4) is 28.1 Å². The molecule has 0 spiro atoms. The van der Waals surface area contributed by atoms with Gasteiger partial charge in [0.25, 0.3) is 5.19 Å². The fourth-order valence-corrected chi connectivity index (χ4v) is 5.03. The summed E-state index contributed by atoms with van der Waals surface area (Å²) in [5.74, 6) is 1.87. The molecule has 6 rings (SSSR count). The van der Waals surface area contributed by atoms with Gasteiger partial charge in [0.2, 0.25) is 4.96 Å². The quantitative estimate of drug-likeness (QED) is 0.208. The fraction of sp³-hybridized carbons (Fsp3) is 0.172. The number of ether oxygens (including phenoxy) is 3. The van der Waals surface area contributed by atoms with E-state index >= 15 is 0 Å². The number of aromatic nitrogens is 4. The minimum atomic E-state index is 0.0480. The van der Waals surface area contributed by atoms with Crippen LogP contribution in [-0.2, 0) is 13.0 Å². The Morgan fingerprint density at radius 1 is 1.05 bits per heavy atom. The van der Waals surface area contributed by atoms with E-state index in [4.69, 9.17) is 18.6 Å². The maximum atomic E-state index is 12.8. The molecule has 0 unspecified atom stereocenters. The first-order chi connectivity index (χ1) is 19.0. The Balaban J connectivity index is 1.23. The van der Waals surface area contributed by atoms with E-state index in [2.05, 4.69) is 15.1 Å². The first-order valence-corrected chi connectivity index (χ1v) is 13.0. The highest BCUT2D eigenvalue weighted by Gasteiger charge is 2.17. The number of carbonyl (C=O) groups is 1. The molecule has 0 saturated heterocycles. The lowest BCUT2D eigenvalue weighted by Gasteiger charge is -2.10. The Morgan fingerprint density at radius 3 is 2.72 bits per heavy atom. The second-order valence-electron chi connectivity index (χ2n) is 8.97. The van der Waals surface area contributed by atoms with Crippen LogP contribution in [0.5, 0.6) is 16.7 Å². The van der Waals surface area contributed by atoms with Gasteiger partial charge in [-0.2, -0.15) is 0 Å². The SMILES string of the molecule is COc1cc(OCc2cccc(CC(=O)c3ccnc(C)c3)c2)c2cc(-c3cn4nc(OC)sc4n3)oc2c1. The van der Waals surface area contributed by atoms with Crippen molar-refractivity contribution in [2.45, 2.75) is 20.0 Å². The van der Waals surface area contributed by atoms with Crippen molar-refractivity contribution in [1.82, 2.24) is 19.6 Å². The van der Waals surface area contributed by atoms with Crippen LogP contribution in [0.1, 0.15) is 27.2 Å². The first kappa shape index (κ1) is 24.6. The highest BCUT2D eigenvalue weighted by atomic mass is 32.1. The maximum Gasteiger partial charge on any atom is 0.294 e. The van der Waals surface area contributed by atoms with Crippen molar-refractivity contribution in [2.24, 2.45) is 0 Å². The molecule has 39 heavy (non-hydrogen) atoms. The summed E-state index contributed by atoms with van der Waals surface area (Å²) < 4.78 is 24.7. The van der Waals surface area contributed by atoms with E-state index < -0.39 is 0 Å². The summed E-state index contributed by atoms with van der Waals surface area (Å²) in [6, 6.07) is 17.0. The lowest BCUT2D eigenvalue weighted by Crippen LogP contribution is -2.05. The number of nitrogens with zero attached hydrogens (tertiary/aromatic N) is 4. The molecule has 0 saturated carbocycles. The van der Waals surface area contributed by atoms with Crippen molar-refractivity contribution in [3.63, 3.8) is 0 Å². The Labute approximate surface area is 227 Å². The smallest absolute Gasteiger partial charge is 0.294 e. The molecular weight excluding hydrogens is 516 g/mol. The summed E-state index contributed by atoms with van der Waals surface area (Å²) in [5, 5.41) is 5.66. The Bertz CT molecular complexity index is 1790. The van der Waals surface area contributed by atoms with Crippen LogP contribution in [0.4, 0.5) is 0 Å². The van der Waals surface area contributed by atoms with E-state index in [0.717, 1.165) is 22.2 Å². The zero-order valence-corrected chi connectivity index (χ0v) is 22.3.